The van der Waals surface area contributed by atoms with Crippen molar-refractivity contribution < 1.29 is 19.2 Å². The molecule has 7 heteroatoms. The molecule has 126 valence electrons. The summed E-state index contributed by atoms with van der Waals surface area (Å²) in [6.45, 7) is 1.79. The molecule has 2 aliphatic rings. The van der Waals surface area contributed by atoms with E-state index >= 15 is 0 Å². The van der Waals surface area contributed by atoms with Gasteiger partial charge in [0.15, 0.2) is 0 Å². The van der Waals surface area contributed by atoms with Gasteiger partial charge in [0.2, 0.25) is 0 Å². The highest BCUT2D eigenvalue weighted by molar-refractivity contribution is 6.06. The van der Waals surface area contributed by atoms with Gasteiger partial charge >= 0.3 is 5.97 Å². The van der Waals surface area contributed by atoms with E-state index in [2.05, 4.69) is 15.5 Å². The van der Waals surface area contributed by atoms with Gasteiger partial charge in [0, 0.05) is 17.7 Å². The van der Waals surface area contributed by atoms with Crippen molar-refractivity contribution in [2.45, 2.75) is 51.0 Å². The first-order chi connectivity index (χ1) is 11.5. The number of carbonyl (C=O) groups excluding carboxylic acids is 1. The number of nitrogens with zero attached hydrogens (tertiary/aromatic N) is 2. The molecule has 0 bridgehead atoms. The molecule has 7 nitrogen and oxygen atoms in total. The summed E-state index contributed by atoms with van der Waals surface area (Å²) in [6.07, 6.45) is 3.93. The molecule has 0 unspecified atom stereocenters. The third-order valence-electron chi connectivity index (χ3n) is 4.99. The molecule has 2 saturated carbocycles. The molecule has 2 aliphatic carbocycles. The first kappa shape index (κ1) is 15.1. The van der Waals surface area contributed by atoms with Crippen LogP contribution in [-0.4, -0.2) is 33.2 Å². The Hall–Kier alpha value is -2.44. The Labute approximate surface area is 138 Å². The fraction of sp³-hybridized carbons (Fsp3) is 0.529. The Morgan fingerprint density at radius 2 is 2.08 bits per heavy atom. The Bertz CT molecular complexity index is 825. The quantitative estimate of drug-likeness (QED) is 0.892. The number of carbonyl (C=O) groups is 2. The van der Waals surface area contributed by atoms with E-state index in [1.165, 1.54) is 0 Å². The van der Waals surface area contributed by atoms with Gasteiger partial charge in [-0.05, 0) is 45.1 Å². The lowest BCUT2D eigenvalue weighted by Gasteiger charge is -2.13. The number of fused-ring (bicyclic) bond motifs is 1. The van der Waals surface area contributed by atoms with Crippen LogP contribution in [-0.2, 0) is 4.79 Å². The lowest BCUT2D eigenvalue weighted by Crippen LogP contribution is -2.33. The number of nitrogens with one attached hydrogen (secondary N) is 1. The fourth-order valence-corrected chi connectivity index (χ4v) is 3.48. The van der Waals surface area contributed by atoms with Crippen LogP contribution in [0.1, 0.15) is 59.8 Å². The van der Waals surface area contributed by atoms with Crippen LogP contribution in [0.3, 0.4) is 0 Å². The van der Waals surface area contributed by atoms with Gasteiger partial charge in [-0.2, -0.15) is 0 Å². The highest BCUT2D eigenvalue weighted by atomic mass is 16.5. The van der Waals surface area contributed by atoms with Gasteiger partial charge in [-0.1, -0.05) is 5.16 Å². The van der Waals surface area contributed by atoms with Crippen LogP contribution in [0.4, 0.5) is 0 Å². The average Bonchev–Trinajstić information content (AvgIpc) is 3.19. The van der Waals surface area contributed by atoms with Crippen LogP contribution in [0.2, 0.25) is 0 Å². The number of aliphatic carboxylic acids is 1. The lowest BCUT2D eigenvalue weighted by molar-refractivity contribution is -0.141. The number of hydrogen-bond donors (Lipinski definition) is 2. The van der Waals surface area contributed by atoms with Gasteiger partial charge in [-0.3, -0.25) is 9.59 Å². The summed E-state index contributed by atoms with van der Waals surface area (Å²) >= 11 is 0. The zero-order chi connectivity index (χ0) is 16.8. The summed E-state index contributed by atoms with van der Waals surface area (Å²) in [6, 6.07) is 1.73. The van der Waals surface area contributed by atoms with E-state index in [9.17, 15) is 9.59 Å². The van der Waals surface area contributed by atoms with Crippen molar-refractivity contribution in [3.05, 3.63) is 23.0 Å². The molecule has 2 heterocycles. The van der Waals surface area contributed by atoms with E-state index < -0.39 is 5.97 Å². The zero-order valence-corrected chi connectivity index (χ0v) is 13.4. The third-order valence-corrected chi connectivity index (χ3v) is 4.99. The summed E-state index contributed by atoms with van der Waals surface area (Å²) in [5, 5.41) is 16.6. The van der Waals surface area contributed by atoms with Crippen LogP contribution in [0.25, 0.3) is 11.1 Å². The molecule has 2 atom stereocenters. The fourth-order valence-electron chi connectivity index (χ4n) is 3.48. The van der Waals surface area contributed by atoms with Crippen molar-refractivity contribution in [2.24, 2.45) is 5.92 Å². The summed E-state index contributed by atoms with van der Waals surface area (Å²) in [4.78, 5) is 28.3. The Morgan fingerprint density at radius 3 is 2.75 bits per heavy atom. The molecule has 24 heavy (non-hydrogen) atoms. The summed E-state index contributed by atoms with van der Waals surface area (Å²) in [5.41, 5.74) is 2.44. The first-order valence-corrected chi connectivity index (χ1v) is 8.33. The van der Waals surface area contributed by atoms with Crippen LogP contribution in [0, 0.1) is 12.8 Å². The van der Waals surface area contributed by atoms with Gasteiger partial charge in [-0.15, -0.1) is 0 Å². The zero-order valence-electron chi connectivity index (χ0n) is 13.4. The molecule has 2 aromatic rings. The number of carboxylic acid groups (broad SMARTS) is 1. The van der Waals surface area contributed by atoms with Crippen molar-refractivity contribution in [3.63, 3.8) is 0 Å². The molecule has 2 N–H and O–H groups in total. The molecular formula is C17H19N3O4. The van der Waals surface area contributed by atoms with Gasteiger partial charge in [-0.25, -0.2) is 4.98 Å². The Morgan fingerprint density at radius 1 is 1.29 bits per heavy atom. The number of hydrogen-bond acceptors (Lipinski definition) is 5. The number of carboxylic acids is 1. The maximum absolute atomic E-state index is 12.8. The largest absolute Gasteiger partial charge is 0.481 e. The number of rotatable bonds is 4. The van der Waals surface area contributed by atoms with Crippen LogP contribution in [0.15, 0.2) is 10.6 Å². The van der Waals surface area contributed by atoms with Crippen LogP contribution < -0.4 is 5.32 Å². The second-order valence-electron chi connectivity index (χ2n) is 6.84. The monoisotopic (exact) mass is 329 g/mol. The maximum atomic E-state index is 12.8. The van der Waals surface area contributed by atoms with Crippen LogP contribution in [0.5, 0.6) is 0 Å². The molecule has 0 saturated heterocycles. The van der Waals surface area contributed by atoms with E-state index in [0.717, 1.165) is 18.5 Å². The van der Waals surface area contributed by atoms with Crippen molar-refractivity contribution in [2.75, 3.05) is 0 Å². The second kappa shape index (κ2) is 5.58. The Kier molecular flexibility index (Phi) is 3.51. The molecule has 2 aromatic heterocycles. The minimum absolute atomic E-state index is 0.105. The highest BCUT2D eigenvalue weighted by Gasteiger charge is 2.32. The molecule has 0 radical (unpaired) electrons. The minimum atomic E-state index is -0.788. The lowest BCUT2D eigenvalue weighted by atomic mass is 10.1. The molecule has 0 aliphatic heterocycles. The SMILES string of the molecule is Cc1noc2nc(C3CC3)cc(C(=O)N[C@@H]3CC[C@H](C(=O)O)C3)c12. The van der Waals surface area contributed by atoms with E-state index in [4.69, 9.17) is 9.63 Å². The molecular weight excluding hydrogens is 310 g/mol. The van der Waals surface area contributed by atoms with Crippen molar-refractivity contribution >= 4 is 23.0 Å². The maximum Gasteiger partial charge on any atom is 0.306 e. The Balaban J connectivity index is 1.61. The van der Waals surface area contributed by atoms with E-state index in [0.29, 0.717) is 47.5 Å². The number of pyridine rings is 1. The standard InChI is InChI=1S/C17H19N3O4/c1-8-14-12(7-13(9-2-3-9)19-16(14)24-20-8)15(21)18-11-5-4-10(6-11)17(22)23/h7,9-11H,2-6H2,1H3,(H,18,21)(H,22,23)/t10-,11+/m0/s1. The number of aryl methyl sites for hydroxylation is 1. The van der Waals surface area contributed by atoms with Gasteiger partial charge in [0.1, 0.15) is 0 Å². The van der Waals surface area contributed by atoms with Gasteiger partial charge < -0.3 is 14.9 Å². The number of amides is 1. The van der Waals surface area contributed by atoms with Gasteiger partial charge in [0.05, 0.1) is 22.6 Å². The highest BCUT2D eigenvalue weighted by Crippen LogP contribution is 2.40. The van der Waals surface area contributed by atoms with Crippen LogP contribution >= 0.6 is 0 Å². The molecule has 2 fully saturated rings. The first-order valence-electron chi connectivity index (χ1n) is 8.33. The summed E-state index contributed by atoms with van der Waals surface area (Å²) < 4.78 is 5.26. The average molecular weight is 329 g/mol. The summed E-state index contributed by atoms with van der Waals surface area (Å²) in [5.74, 6) is -0.961. The molecule has 4 rings (SSSR count). The minimum Gasteiger partial charge on any atom is -0.481 e. The second-order valence-corrected chi connectivity index (χ2v) is 6.84. The topological polar surface area (TPSA) is 105 Å². The number of aromatic nitrogens is 2. The van der Waals surface area contributed by atoms with Crippen molar-refractivity contribution in [1.82, 2.24) is 15.5 Å². The van der Waals surface area contributed by atoms with Gasteiger partial charge in [0.25, 0.3) is 11.6 Å². The normalized spacial score (nSPS) is 23.5. The third kappa shape index (κ3) is 2.64. The molecule has 0 aromatic carbocycles. The van der Waals surface area contributed by atoms with E-state index in [-0.39, 0.29) is 17.9 Å². The molecule has 1 amide bonds. The van der Waals surface area contributed by atoms with E-state index in [1.807, 2.05) is 6.07 Å². The predicted molar refractivity (Wildman–Crippen MR) is 84.7 cm³/mol. The summed E-state index contributed by atoms with van der Waals surface area (Å²) in [7, 11) is 0. The van der Waals surface area contributed by atoms with Crippen molar-refractivity contribution in [3.8, 4) is 0 Å². The van der Waals surface area contributed by atoms with Crippen molar-refractivity contribution in [1.29, 1.82) is 0 Å². The predicted octanol–water partition coefficient (Wildman–Crippen LogP) is 2.39. The molecule has 0 spiro atoms. The van der Waals surface area contributed by atoms with E-state index in [1.54, 1.807) is 6.92 Å². The smallest absolute Gasteiger partial charge is 0.306 e.